The van der Waals surface area contributed by atoms with Crippen molar-refractivity contribution in [3.05, 3.63) is 20.9 Å². The molecule has 1 rings (SSSR count). The number of hydrogen-bond acceptors (Lipinski definition) is 2. The Labute approximate surface area is 146 Å². The molecule has 1 unspecified atom stereocenters. The minimum Gasteiger partial charge on any atom is -0.503 e. The second-order valence-corrected chi connectivity index (χ2v) is 5.87. The van der Waals surface area contributed by atoms with E-state index in [1.54, 1.807) is 0 Å². The zero-order chi connectivity index (χ0) is 13.8. The molecule has 21 heavy (non-hydrogen) atoms. The van der Waals surface area contributed by atoms with Crippen LogP contribution in [0.3, 0.4) is 0 Å². The molecule has 0 aromatic rings. The summed E-state index contributed by atoms with van der Waals surface area (Å²) < 4.78 is 0. The standard InChI is InChI=1S/C14H25N2O2.2CH3.Ti/c1-5-12(17)15-10-7-11(16-13(18)6-2)9-14(3,4)8-10;;;/h10H,5-9H2,1-4H3,(H,15,17)(H,16,18);2*1H3;/q3*-1;+3. The molecule has 1 saturated carbocycles. The average Bonchev–Trinajstić information content (AvgIpc) is 2.26. The van der Waals surface area contributed by atoms with Crippen LogP contribution in [0.25, 0.3) is 0 Å². The van der Waals surface area contributed by atoms with E-state index >= 15 is 0 Å². The maximum absolute atomic E-state index is 11.5. The van der Waals surface area contributed by atoms with Crippen molar-refractivity contribution in [1.29, 1.82) is 0 Å². The van der Waals surface area contributed by atoms with Gasteiger partial charge < -0.3 is 25.5 Å². The molecule has 0 heterocycles. The number of nitrogens with one attached hydrogen (secondary N) is 2. The van der Waals surface area contributed by atoms with Gasteiger partial charge in [0.2, 0.25) is 5.91 Å². The first-order chi connectivity index (χ1) is 8.36. The molecule has 0 aromatic heterocycles. The van der Waals surface area contributed by atoms with Crippen LogP contribution in [-0.4, -0.2) is 17.9 Å². The third-order valence-corrected chi connectivity index (χ3v) is 3.31. The molecule has 1 aliphatic rings. The van der Waals surface area contributed by atoms with Gasteiger partial charge in [0.15, 0.2) is 5.91 Å². The molecule has 4 nitrogen and oxygen atoms in total. The van der Waals surface area contributed by atoms with Gasteiger partial charge in [-0.1, -0.05) is 33.1 Å². The fourth-order valence-corrected chi connectivity index (χ4v) is 2.57. The first kappa shape index (κ1) is 25.6. The molecular formula is C16H31N2O2Ti. The smallest absolute Gasteiger partial charge is 0.503 e. The van der Waals surface area contributed by atoms with Crippen molar-refractivity contribution in [2.75, 3.05) is 0 Å². The van der Waals surface area contributed by atoms with E-state index in [4.69, 9.17) is 0 Å². The summed E-state index contributed by atoms with van der Waals surface area (Å²) in [5, 5.41) is 6.01. The van der Waals surface area contributed by atoms with E-state index < -0.39 is 0 Å². The predicted octanol–water partition coefficient (Wildman–Crippen LogP) is 3.05. The monoisotopic (exact) mass is 331 g/mol. The van der Waals surface area contributed by atoms with E-state index in [9.17, 15) is 9.59 Å². The van der Waals surface area contributed by atoms with Gasteiger partial charge in [0, 0.05) is 18.9 Å². The van der Waals surface area contributed by atoms with Crippen LogP contribution < -0.4 is 10.6 Å². The Kier molecular flexibility index (Phi) is 13.7. The summed E-state index contributed by atoms with van der Waals surface area (Å²) in [7, 11) is 0. The van der Waals surface area contributed by atoms with Crippen LogP contribution in [0.2, 0.25) is 0 Å². The van der Waals surface area contributed by atoms with Crippen LogP contribution in [0.4, 0.5) is 0 Å². The summed E-state index contributed by atoms with van der Waals surface area (Å²) >= 11 is 0. The molecule has 1 radical (unpaired) electrons. The number of rotatable bonds is 4. The number of carbonyl (C=O) groups excluding carboxylic acids is 2. The molecule has 1 aliphatic carbocycles. The Balaban J connectivity index is -0.00000108. The maximum atomic E-state index is 11.5. The van der Waals surface area contributed by atoms with Gasteiger partial charge in [0.1, 0.15) is 0 Å². The zero-order valence-corrected chi connectivity index (χ0v) is 16.0. The van der Waals surface area contributed by atoms with E-state index in [1.807, 2.05) is 13.8 Å². The molecule has 1 atom stereocenters. The quantitative estimate of drug-likeness (QED) is 0.614. The van der Waals surface area contributed by atoms with Gasteiger partial charge >= 0.3 is 21.7 Å². The van der Waals surface area contributed by atoms with E-state index in [0.717, 1.165) is 25.3 Å². The topological polar surface area (TPSA) is 58.2 Å². The van der Waals surface area contributed by atoms with Crippen molar-refractivity contribution < 1.29 is 31.3 Å². The first-order valence-electron chi connectivity index (χ1n) is 6.80. The molecule has 2 N–H and O–H groups in total. The van der Waals surface area contributed by atoms with Gasteiger partial charge in [-0.25, -0.2) is 6.04 Å². The van der Waals surface area contributed by atoms with Crippen LogP contribution in [0.1, 0.15) is 59.8 Å². The third-order valence-electron chi connectivity index (χ3n) is 3.31. The van der Waals surface area contributed by atoms with E-state index in [-0.39, 0.29) is 59.8 Å². The van der Waals surface area contributed by atoms with Gasteiger partial charge in [-0.3, -0.25) is 9.59 Å². The predicted molar refractivity (Wildman–Crippen MR) is 84.4 cm³/mol. The van der Waals surface area contributed by atoms with Gasteiger partial charge in [0.05, 0.1) is 0 Å². The van der Waals surface area contributed by atoms with Gasteiger partial charge in [0.25, 0.3) is 0 Å². The molecule has 5 heteroatoms. The van der Waals surface area contributed by atoms with Crippen LogP contribution in [0.15, 0.2) is 0 Å². The molecule has 0 spiro atoms. The largest absolute Gasteiger partial charge is 3.00 e. The van der Waals surface area contributed by atoms with Crippen LogP contribution in [-0.2, 0) is 31.3 Å². The fourth-order valence-electron chi connectivity index (χ4n) is 2.57. The number of hydrogen-bond donors (Lipinski definition) is 2. The zero-order valence-electron chi connectivity index (χ0n) is 14.4. The summed E-state index contributed by atoms with van der Waals surface area (Å²) in [5.41, 5.74) is 0.125. The normalized spacial score (nSPS) is 20.1. The van der Waals surface area contributed by atoms with Gasteiger partial charge in [-0.15, -0.1) is 6.42 Å². The maximum Gasteiger partial charge on any atom is 3.00 e. The Bertz CT molecular complexity index is 291. The van der Waals surface area contributed by atoms with Crippen LogP contribution in [0.5, 0.6) is 0 Å². The van der Waals surface area contributed by atoms with E-state index in [2.05, 4.69) is 24.5 Å². The average molecular weight is 331 g/mol. The molecule has 0 saturated heterocycles. The Hall–Kier alpha value is -0.346. The second-order valence-electron chi connectivity index (χ2n) is 5.87. The van der Waals surface area contributed by atoms with Gasteiger partial charge in [-0.05, 0) is 6.42 Å². The number of carbonyl (C=O) groups is 2. The van der Waals surface area contributed by atoms with Crippen molar-refractivity contribution in [3.63, 3.8) is 0 Å². The third kappa shape index (κ3) is 9.31. The Morgan fingerprint density at radius 2 is 1.67 bits per heavy atom. The van der Waals surface area contributed by atoms with Crippen molar-refractivity contribution in [2.45, 2.75) is 65.8 Å². The molecule has 1 fully saturated rings. The summed E-state index contributed by atoms with van der Waals surface area (Å²) in [4.78, 5) is 22.9. The van der Waals surface area contributed by atoms with Crippen molar-refractivity contribution >= 4 is 11.8 Å². The van der Waals surface area contributed by atoms with Crippen LogP contribution >= 0.6 is 0 Å². The SMILES string of the molecule is CCC(=O)N[C-]1CC(NC(=O)CC)CC(C)(C)C1.[CH3-].[CH3-].[Ti+3]. The van der Waals surface area contributed by atoms with Crippen molar-refractivity contribution in [2.24, 2.45) is 5.41 Å². The minimum absolute atomic E-state index is 0. The molecule has 0 aromatic carbocycles. The fraction of sp³-hybridized carbons (Fsp3) is 0.688. The minimum atomic E-state index is 0. The molecule has 0 bridgehead atoms. The summed E-state index contributed by atoms with van der Waals surface area (Å²) in [6.07, 6.45) is 3.63. The van der Waals surface area contributed by atoms with Gasteiger partial charge in [-0.2, -0.15) is 6.42 Å². The van der Waals surface area contributed by atoms with Crippen molar-refractivity contribution in [3.8, 4) is 0 Å². The molecule has 0 aliphatic heterocycles. The molecular weight excluding hydrogens is 300 g/mol. The Morgan fingerprint density at radius 3 is 2.14 bits per heavy atom. The van der Waals surface area contributed by atoms with E-state index in [1.165, 1.54) is 0 Å². The summed E-state index contributed by atoms with van der Waals surface area (Å²) in [6, 6.07) is 1.20. The Morgan fingerprint density at radius 1 is 1.14 bits per heavy atom. The van der Waals surface area contributed by atoms with Crippen molar-refractivity contribution in [1.82, 2.24) is 10.6 Å². The molecule has 121 valence electrons. The first-order valence-corrected chi connectivity index (χ1v) is 6.80. The second kappa shape index (κ2) is 11.3. The van der Waals surface area contributed by atoms with Crippen LogP contribution in [0, 0.1) is 26.3 Å². The molecule has 2 amide bonds. The summed E-state index contributed by atoms with van der Waals surface area (Å²) in [6.45, 7) is 8.05. The number of amides is 2. The summed E-state index contributed by atoms with van der Waals surface area (Å²) in [5.74, 6) is 0.141. The van der Waals surface area contributed by atoms with E-state index in [0.29, 0.717) is 12.8 Å².